The van der Waals surface area contributed by atoms with Crippen molar-refractivity contribution in [3.63, 3.8) is 0 Å². The van der Waals surface area contributed by atoms with Crippen molar-refractivity contribution in [3.8, 4) is 0 Å². The lowest BCUT2D eigenvalue weighted by Gasteiger charge is -2.15. The molecule has 20 heavy (non-hydrogen) atoms. The quantitative estimate of drug-likeness (QED) is 0.357. The third kappa shape index (κ3) is 11.5. The molecule has 0 aliphatic heterocycles. The first-order chi connectivity index (χ1) is 9.47. The maximum atomic E-state index is 11.5. The van der Waals surface area contributed by atoms with E-state index in [9.17, 15) is 4.79 Å². The highest BCUT2D eigenvalue weighted by molar-refractivity contribution is 5.80. The second-order valence-corrected chi connectivity index (χ2v) is 7.14. The average Bonchev–Trinajstić information content (AvgIpc) is 2.40. The van der Waals surface area contributed by atoms with E-state index in [0.29, 0.717) is 5.78 Å². The molecule has 0 saturated carbocycles. The van der Waals surface area contributed by atoms with E-state index >= 15 is 0 Å². The molecule has 0 aromatic heterocycles. The van der Waals surface area contributed by atoms with E-state index in [1.165, 1.54) is 51.4 Å². The van der Waals surface area contributed by atoms with Crippen LogP contribution in [-0.4, -0.2) is 5.78 Å². The lowest BCUT2D eigenvalue weighted by atomic mass is 9.91. The number of Topliss-reactive ketones (excluding diaryl/α,β-unsaturated/α-hetero) is 1. The van der Waals surface area contributed by atoms with Crippen molar-refractivity contribution in [2.24, 2.45) is 17.8 Å². The zero-order valence-electron chi connectivity index (χ0n) is 14.7. The van der Waals surface area contributed by atoms with Crippen molar-refractivity contribution in [1.29, 1.82) is 0 Å². The summed E-state index contributed by atoms with van der Waals surface area (Å²) in [5, 5.41) is 0. The molecule has 0 bridgehead atoms. The van der Waals surface area contributed by atoms with Crippen molar-refractivity contribution >= 4 is 5.78 Å². The van der Waals surface area contributed by atoms with Gasteiger partial charge in [-0.3, -0.25) is 4.79 Å². The monoisotopic (exact) mass is 282 g/mol. The topological polar surface area (TPSA) is 17.1 Å². The van der Waals surface area contributed by atoms with E-state index in [2.05, 4.69) is 20.8 Å². The molecule has 0 amide bonds. The van der Waals surface area contributed by atoms with E-state index in [1.807, 2.05) is 13.8 Å². The number of rotatable bonds is 13. The molecule has 0 N–H and O–H groups in total. The van der Waals surface area contributed by atoms with Gasteiger partial charge in [-0.1, -0.05) is 79.6 Å². The summed E-state index contributed by atoms with van der Waals surface area (Å²) >= 11 is 0. The third-order valence-corrected chi connectivity index (χ3v) is 4.52. The summed E-state index contributed by atoms with van der Waals surface area (Å²) < 4.78 is 0. The Morgan fingerprint density at radius 1 is 0.800 bits per heavy atom. The highest BCUT2D eigenvalue weighted by atomic mass is 16.1. The van der Waals surface area contributed by atoms with Crippen LogP contribution in [0.4, 0.5) is 0 Å². The summed E-state index contributed by atoms with van der Waals surface area (Å²) in [5.41, 5.74) is 0. The van der Waals surface area contributed by atoms with Gasteiger partial charge in [-0.15, -0.1) is 0 Å². The molecule has 0 aliphatic rings. The summed E-state index contributed by atoms with van der Waals surface area (Å²) in [6.07, 6.45) is 12.7. The molecule has 0 radical (unpaired) electrons. The predicted octanol–water partition coefficient (Wildman–Crippen LogP) is 6.40. The summed E-state index contributed by atoms with van der Waals surface area (Å²) in [4.78, 5) is 11.5. The standard InChI is InChI=1S/C19H38O/c1-6-17(4)15-18(5)13-11-9-7-8-10-12-14-19(20)16(2)3/h16-18H,6-15H2,1-5H3. The zero-order valence-corrected chi connectivity index (χ0v) is 14.7. The molecule has 0 aliphatic carbocycles. The molecule has 120 valence electrons. The van der Waals surface area contributed by atoms with Gasteiger partial charge in [0.25, 0.3) is 0 Å². The first kappa shape index (κ1) is 19.7. The highest BCUT2D eigenvalue weighted by Crippen LogP contribution is 2.20. The summed E-state index contributed by atoms with van der Waals surface area (Å²) in [5.74, 6) is 2.45. The van der Waals surface area contributed by atoms with E-state index in [1.54, 1.807) is 0 Å². The van der Waals surface area contributed by atoms with Gasteiger partial charge in [-0.25, -0.2) is 0 Å². The Labute approximate surface area is 127 Å². The predicted molar refractivity (Wildman–Crippen MR) is 90.0 cm³/mol. The Bertz CT molecular complexity index is 232. The number of unbranched alkanes of at least 4 members (excludes halogenated alkanes) is 5. The van der Waals surface area contributed by atoms with Crippen molar-refractivity contribution in [1.82, 2.24) is 0 Å². The zero-order chi connectivity index (χ0) is 15.4. The minimum absolute atomic E-state index is 0.224. The van der Waals surface area contributed by atoms with Crippen LogP contribution in [0.1, 0.15) is 98.8 Å². The van der Waals surface area contributed by atoms with E-state index in [0.717, 1.165) is 24.7 Å². The number of carbonyl (C=O) groups excluding carboxylic acids is 1. The minimum Gasteiger partial charge on any atom is -0.299 e. The van der Waals surface area contributed by atoms with Crippen molar-refractivity contribution in [3.05, 3.63) is 0 Å². The number of ketones is 1. The van der Waals surface area contributed by atoms with Crippen LogP contribution < -0.4 is 0 Å². The second kappa shape index (κ2) is 12.4. The summed E-state index contributed by atoms with van der Waals surface area (Å²) in [6, 6.07) is 0. The first-order valence-electron chi connectivity index (χ1n) is 9.00. The van der Waals surface area contributed by atoms with Crippen LogP contribution in [-0.2, 0) is 4.79 Å². The van der Waals surface area contributed by atoms with Gasteiger partial charge < -0.3 is 0 Å². The maximum Gasteiger partial charge on any atom is 0.135 e. The Morgan fingerprint density at radius 3 is 1.90 bits per heavy atom. The Balaban J connectivity index is 3.30. The summed E-state index contributed by atoms with van der Waals surface area (Å²) in [7, 11) is 0. The van der Waals surface area contributed by atoms with Crippen LogP contribution in [0.25, 0.3) is 0 Å². The normalized spacial score (nSPS) is 14.5. The van der Waals surface area contributed by atoms with E-state index in [-0.39, 0.29) is 5.92 Å². The molecule has 0 aromatic rings. The highest BCUT2D eigenvalue weighted by Gasteiger charge is 2.07. The van der Waals surface area contributed by atoms with Crippen LogP contribution >= 0.6 is 0 Å². The maximum absolute atomic E-state index is 11.5. The molecule has 0 rings (SSSR count). The van der Waals surface area contributed by atoms with Gasteiger partial charge in [0, 0.05) is 12.3 Å². The van der Waals surface area contributed by atoms with Crippen LogP contribution in [0, 0.1) is 17.8 Å². The molecule has 0 fully saturated rings. The molecule has 1 heteroatoms. The molecule has 0 aromatic carbocycles. The SMILES string of the molecule is CCC(C)CC(C)CCCCCCCCC(=O)C(C)C. The van der Waals surface area contributed by atoms with E-state index < -0.39 is 0 Å². The smallest absolute Gasteiger partial charge is 0.135 e. The molecule has 0 heterocycles. The fourth-order valence-corrected chi connectivity index (χ4v) is 2.76. The van der Waals surface area contributed by atoms with Gasteiger partial charge in [0.2, 0.25) is 0 Å². The van der Waals surface area contributed by atoms with Crippen molar-refractivity contribution in [2.45, 2.75) is 98.8 Å². The van der Waals surface area contributed by atoms with Crippen LogP contribution in [0.2, 0.25) is 0 Å². The lowest BCUT2D eigenvalue weighted by molar-refractivity contribution is -0.122. The van der Waals surface area contributed by atoms with Crippen LogP contribution in [0.5, 0.6) is 0 Å². The second-order valence-electron chi connectivity index (χ2n) is 7.14. The van der Waals surface area contributed by atoms with E-state index in [4.69, 9.17) is 0 Å². The van der Waals surface area contributed by atoms with Crippen molar-refractivity contribution in [2.75, 3.05) is 0 Å². The van der Waals surface area contributed by atoms with Gasteiger partial charge >= 0.3 is 0 Å². The van der Waals surface area contributed by atoms with Gasteiger partial charge in [-0.05, 0) is 24.7 Å². The van der Waals surface area contributed by atoms with Crippen molar-refractivity contribution < 1.29 is 4.79 Å². The Morgan fingerprint density at radius 2 is 1.35 bits per heavy atom. The summed E-state index contributed by atoms with van der Waals surface area (Å²) in [6.45, 7) is 11.1. The van der Waals surface area contributed by atoms with Crippen LogP contribution in [0.15, 0.2) is 0 Å². The average molecular weight is 283 g/mol. The Kier molecular flexibility index (Phi) is 12.2. The molecule has 2 atom stereocenters. The number of hydrogen-bond acceptors (Lipinski definition) is 1. The first-order valence-corrected chi connectivity index (χ1v) is 9.00. The number of hydrogen-bond donors (Lipinski definition) is 0. The fourth-order valence-electron chi connectivity index (χ4n) is 2.76. The molecule has 1 nitrogen and oxygen atoms in total. The molecule has 0 spiro atoms. The van der Waals surface area contributed by atoms with Gasteiger partial charge in [0.15, 0.2) is 0 Å². The van der Waals surface area contributed by atoms with Gasteiger partial charge in [0.1, 0.15) is 5.78 Å². The molecular weight excluding hydrogens is 244 g/mol. The molecule has 0 saturated heterocycles. The molecule has 2 unspecified atom stereocenters. The van der Waals surface area contributed by atoms with Crippen LogP contribution in [0.3, 0.4) is 0 Å². The Hall–Kier alpha value is -0.330. The number of carbonyl (C=O) groups is 1. The largest absolute Gasteiger partial charge is 0.299 e. The third-order valence-electron chi connectivity index (χ3n) is 4.52. The fraction of sp³-hybridized carbons (Fsp3) is 0.947. The lowest BCUT2D eigenvalue weighted by Crippen LogP contribution is -2.05. The van der Waals surface area contributed by atoms with Gasteiger partial charge in [0.05, 0.1) is 0 Å². The van der Waals surface area contributed by atoms with Gasteiger partial charge in [-0.2, -0.15) is 0 Å². The minimum atomic E-state index is 0.224. The molecular formula is C19H38O.